The van der Waals surface area contributed by atoms with Gasteiger partial charge >= 0.3 is 6.36 Å². The minimum Gasteiger partial charge on any atom is -0.405 e. The lowest BCUT2D eigenvalue weighted by molar-refractivity contribution is -0.274. The van der Waals surface area contributed by atoms with Crippen LogP contribution < -0.4 is 10.1 Å². The number of alkyl halides is 3. The molecular weight excluding hydrogens is 289 g/mol. The summed E-state index contributed by atoms with van der Waals surface area (Å²) in [7, 11) is 0. The topological polar surface area (TPSA) is 34.2 Å². The summed E-state index contributed by atoms with van der Waals surface area (Å²) in [6, 6.07) is 6.01. The highest BCUT2D eigenvalue weighted by Crippen LogP contribution is 2.35. The molecule has 0 bridgehead atoms. The van der Waals surface area contributed by atoms with Crippen molar-refractivity contribution in [2.45, 2.75) is 19.8 Å². The average molecular weight is 302 g/mol. The van der Waals surface area contributed by atoms with Crippen LogP contribution in [0.3, 0.4) is 0 Å². The Balaban J connectivity index is 2.26. The van der Waals surface area contributed by atoms with Crippen LogP contribution in [-0.2, 0) is 6.54 Å². The summed E-state index contributed by atoms with van der Waals surface area (Å²) in [5.41, 5.74) is 0.345. The maximum atomic E-state index is 12.4. The number of benzene rings is 1. The minimum atomic E-state index is -4.71. The van der Waals surface area contributed by atoms with E-state index in [0.29, 0.717) is 17.1 Å². The van der Waals surface area contributed by atoms with Gasteiger partial charge in [0.2, 0.25) is 0 Å². The Morgan fingerprint density at radius 2 is 2.05 bits per heavy atom. The van der Waals surface area contributed by atoms with Gasteiger partial charge in [0.25, 0.3) is 0 Å². The number of nitrogens with zero attached hydrogens (tertiary/aromatic N) is 1. The van der Waals surface area contributed by atoms with Gasteiger partial charge in [0.15, 0.2) is 0 Å². The molecule has 0 aliphatic rings. The SMILES string of the molecule is CCNCc1cnc(-c2ccccc2OC(F)(F)F)s1. The minimum absolute atomic E-state index is 0.232. The summed E-state index contributed by atoms with van der Waals surface area (Å²) in [4.78, 5) is 5.12. The molecule has 0 aliphatic carbocycles. The highest BCUT2D eigenvalue weighted by molar-refractivity contribution is 7.15. The number of nitrogens with one attached hydrogen (secondary N) is 1. The van der Waals surface area contributed by atoms with Gasteiger partial charge in [-0.25, -0.2) is 4.98 Å². The number of thiazole rings is 1. The number of para-hydroxylation sites is 1. The van der Waals surface area contributed by atoms with Gasteiger partial charge in [-0.2, -0.15) is 0 Å². The van der Waals surface area contributed by atoms with E-state index in [1.165, 1.54) is 23.5 Å². The molecule has 7 heteroatoms. The number of hydrogen-bond acceptors (Lipinski definition) is 4. The van der Waals surface area contributed by atoms with Crippen molar-refractivity contribution in [2.24, 2.45) is 0 Å². The van der Waals surface area contributed by atoms with Crippen LogP contribution >= 0.6 is 11.3 Å². The molecule has 3 nitrogen and oxygen atoms in total. The number of halogens is 3. The van der Waals surface area contributed by atoms with E-state index < -0.39 is 6.36 Å². The van der Waals surface area contributed by atoms with Crippen molar-refractivity contribution in [3.8, 4) is 16.3 Å². The molecule has 0 unspecified atom stereocenters. The summed E-state index contributed by atoms with van der Waals surface area (Å²) < 4.78 is 41.1. The number of aromatic nitrogens is 1. The van der Waals surface area contributed by atoms with E-state index in [9.17, 15) is 13.2 Å². The molecule has 108 valence electrons. The summed E-state index contributed by atoms with van der Waals surface area (Å²) in [5, 5.41) is 3.65. The molecule has 0 radical (unpaired) electrons. The van der Waals surface area contributed by atoms with Gasteiger partial charge in [-0.15, -0.1) is 24.5 Å². The van der Waals surface area contributed by atoms with Crippen LogP contribution in [0.5, 0.6) is 5.75 Å². The molecule has 0 amide bonds. The molecule has 1 aromatic heterocycles. The molecule has 2 rings (SSSR count). The van der Waals surface area contributed by atoms with Crippen molar-refractivity contribution in [3.05, 3.63) is 35.3 Å². The molecule has 20 heavy (non-hydrogen) atoms. The Labute approximate surface area is 118 Å². The number of ether oxygens (including phenoxy) is 1. The maximum Gasteiger partial charge on any atom is 0.573 e. The molecule has 0 atom stereocenters. The molecule has 0 aliphatic heterocycles. The van der Waals surface area contributed by atoms with Gasteiger partial charge in [-0.1, -0.05) is 19.1 Å². The maximum absolute atomic E-state index is 12.4. The number of hydrogen-bond donors (Lipinski definition) is 1. The van der Waals surface area contributed by atoms with Gasteiger partial charge in [0, 0.05) is 17.6 Å². The van der Waals surface area contributed by atoms with E-state index in [1.807, 2.05) is 6.92 Å². The Kier molecular flexibility index (Phi) is 4.61. The lowest BCUT2D eigenvalue weighted by Crippen LogP contribution is -2.17. The van der Waals surface area contributed by atoms with Gasteiger partial charge in [-0.3, -0.25) is 0 Å². The van der Waals surface area contributed by atoms with E-state index in [0.717, 1.165) is 11.4 Å². The molecule has 2 aromatic rings. The Morgan fingerprint density at radius 3 is 2.75 bits per heavy atom. The van der Waals surface area contributed by atoms with Gasteiger partial charge < -0.3 is 10.1 Å². The fourth-order valence-corrected chi connectivity index (χ4v) is 2.53. The van der Waals surface area contributed by atoms with E-state index in [2.05, 4.69) is 15.0 Å². The molecular formula is C13H13F3N2OS. The fraction of sp³-hybridized carbons (Fsp3) is 0.308. The zero-order valence-electron chi connectivity index (χ0n) is 10.7. The molecule has 1 N–H and O–H groups in total. The van der Waals surface area contributed by atoms with Crippen LogP contribution in [0.2, 0.25) is 0 Å². The zero-order valence-corrected chi connectivity index (χ0v) is 11.5. The normalized spacial score (nSPS) is 11.6. The first-order chi connectivity index (χ1) is 9.49. The van der Waals surface area contributed by atoms with Gasteiger partial charge in [0.05, 0.1) is 5.56 Å². The Morgan fingerprint density at radius 1 is 1.30 bits per heavy atom. The van der Waals surface area contributed by atoms with Crippen LogP contribution in [0.25, 0.3) is 10.6 Å². The molecule has 0 saturated heterocycles. The third-order valence-corrected chi connectivity index (χ3v) is 3.48. The summed E-state index contributed by atoms with van der Waals surface area (Å²) >= 11 is 1.35. The quantitative estimate of drug-likeness (QED) is 0.911. The highest BCUT2D eigenvalue weighted by Gasteiger charge is 2.32. The third kappa shape index (κ3) is 3.94. The van der Waals surface area contributed by atoms with Crippen molar-refractivity contribution in [1.82, 2.24) is 10.3 Å². The second-order valence-corrected chi connectivity index (χ2v) is 5.07. The van der Waals surface area contributed by atoms with Crippen molar-refractivity contribution in [2.75, 3.05) is 6.54 Å². The van der Waals surface area contributed by atoms with Crippen molar-refractivity contribution in [1.29, 1.82) is 0 Å². The molecule has 1 aromatic carbocycles. The molecule has 0 saturated carbocycles. The van der Waals surface area contributed by atoms with Crippen molar-refractivity contribution < 1.29 is 17.9 Å². The van der Waals surface area contributed by atoms with Crippen LogP contribution in [0, 0.1) is 0 Å². The first-order valence-electron chi connectivity index (χ1n) is 6.00. The smallest absolute Gasteiger partial charge is 0.405 e. The zero-order chi connectivity index (χ0) is 14.6. The summed E-state index contributed by atoms with van der Waals surface area (Å²) in [6.45, 7) is 3.45. The first-order valence-corrected chi connectivity index (χ1v) is 6.82. The second kappa shape index (κ2) is 6.23. The predicted molar refractivity (Wildman–Crippen MR) is 71.6 cm³/mol. The third-order valence-electron chi connectivity index (χ3n) is 2.45. The van der Waals surface area contributed by atoms with Gasteiger partial charge in [-0.05, 0) is 18.7 Å². The van der Waals surface area contributed by atoms with Crippen LogP contribution in [-0.4, -0.2) is 17.9 Å². The van der Waals surface area contributed by atoms with E-state index in [4.69, 9.17) is 0 Å². The van der Waals surface area contributed by atoms with Crippen LogP contribution in [0.1, 0.15) is 11.8 Å². The molecule has 0 spiro atoms. The monoisotopic (exact) mass is 302 g/mol. The first kappa shape index (κ1) is 14.8. The largest absolute Gasteiger partial charge is 0.573 e. The standard InChI is InChI=1S/C13H13F3N2OS/c1-2-17-7-9-8-18-12(20-9)10-5-3-4-6-11(10)19-13(14,15)16/h3-6,8,17H,2,7H2,1H3. The van der Waals surface area contributed by atoms with Gasteiger partial charge in [0.1, 0.15) is 10.8 Å². The lowest BCUT2D eigenvalue weighted by Gasteiger charge is -2.11. The lowest BCUT2D eigenvalue weighted by atomic mass is 10.2. The Hall–Kier alpha value is -1.60. The molecule has 1 heterocycles. The molecule has 0 fully saturated rings. The second-order valence-electron chi connectivity index (χ2n) is 3.96. The van der Waals surface area contributed by atoms with Crippen molar-refractivity contribution >= 4 is 11.3 Å². The van der Waals surface area contributed by atoms with E-state index in [-0.39, 0.29) is 5.75 Å². The predicted octanol–water partition coefficient (Wildman–Crippen LogP) is 3.82. The van der Waals surface area contributed by atoms with Crippen LogP contribution in [0.15, 0.2) is 30.5 Å². The van der Waals surface area contributed by atoms with E-state index >= 15 is 0 Å². The number of rotatable bonds is 5. The average Bonchev–Trinajstić information content (AvgIpc) is 2.83. The van der Waals surface area contributed by atoms with Crippen molar-refractivity contribution in [3.63, 3.8) is 0 Å². The summed E-state index contributed by atoms with van der Waals surface area (Å²) in [6.07, 6.45) is -3.05. The summed E-state index contributed by atoms with van der Waals surface area (Å²) in [5.74, 6) is -0.232. The fourth-order valence-electron chi connectivity index (χ4n) is 1.62. The van der Waals surface area contributed by atoms with E-state index in [1.54, 1.807) is 18.3 Å². The van der Waals surface area contributed by atoms with Crippen LogP contribution in [0.4, 0.5) is 13.2 Å². The highest BCUT2D eigenvalue weighted by atomic mass is 32.1. The Bertz CT molecular complexity index is 569.